The molecule has 3 rings (SSSR count). The number of aryl methyl sites for hydroxylation is 2. The van der Waals surface area contributed by atoms with Crippen LogP contribution in [0, 0.1) is 13.8 Å². The van der Waals surface area contributed by atoms with Gasteiger partial charge < -0.3 is 14.8 Å². The Morgan fingerprint density at radius 2 is 1.92 bits per heavy atom. The zero-order valence-corrected chi connectivity index (χ0v) is 14.0. The number of hydrogen-bond donors (Lipinski definition) is 2. The minimum absolute atomic E-state index is 0.105. The number of ether oxygens (including phenoxy) is 2. The number of H-pyrrole nitrogens is 1. The first-order valence-electron chi connectivity index (χ1n) is 7.65. The molecule has 7 heteroatoms. The van der Waals surface area contributed by atoms with Crippen LogP contribution in [0.1, 0.15) is 47.1 Å². The smallest absolute Gasteiger partial charge is 0.231 e. The number of nitrogens with zero attached hydrogens (tertiary/aromatic N) is 1. The number of anilines is 1. The van der Waals surface area contributed by atoms with E-state index in [1.54, 1.807) is 19.1 Å². The maximum atomic E-state index is 12.7. The number of carbonyl (C=O) groups excluding carboxylic acids is 2. The van der Waals surface area contributed by atoms with Crippen molar-refractivity contribution in [2.24, 2.45) is 0 Å². The Morgan fingerprint density at radius 3 is 2.50 bits per heavy atom. The Kier molecular flexibility index (Phi) is 4.01. The molecule has 1 aliphatic heterocycles. The molecular weight excluding hydrogens is 310 g/mol. The number of carbonyl (C=O) groups is 2. The first kappa shape index (κ1) is 16.0. The third-order valence-corrected chi connectivity index (χ3v) is 4.16. The summed E-state index contributed by atoms with van der Waals surface area (Å²) in [6.45, 7) is 7.08. The topological polar surface area (TPSA) is 93.3 Å². The van der Waals surface area contributed by atoms with Crippen LogP contribution < -0.4 is 14.8 Å². The third-order valence-electron chi connectivity index (χ3n) is 4.16. The van der Waals surface area contributed by atoms with Crippen LogP contribution >= 0.6 is 0 Å². The van der Waals surface area contributed by atoms with Gasteiger partial charge in [-0.2, -0.15) is 5.10 Å². The highest BCUT2D eigenvalue weighted by Crippen LogP contribution is 2.37. The van der Waals surface area contributed by atoms with Crippen LogP contribution in [-0.2, 0) is 4.79 Å². The van der Waals surface area contributed by atoms with Gasteiger partial charge in [-0.15, -0.1) is 0 Å². The number of aromatic amines is 1. The van der Waals surface area contributed by atoms with Crippen molar-refractivity contribution in [1.82, 2.24) is 10.2 Å². The summed E-state index contributed by atoms with van der Waals surface area (Å²) in [7, 11) is 0. The van der Waals surface area contributed by atoms with Crippen molar-refractivity contribution in [3.05, 3.63) is 34.6 Å². The average molecular weight is 329 g/mol. The van der Waals surface area contributed by atoms with Gasteiger partial charge in [-0.3, -0.25) is 14.7 Å². The van der Waals surface area contributed by atoms with E-state index in [1.807, 2.05) is 13.8 Å². The molecular formula is C17H19N3O4. The van der Waals surface area contributed by atoms with E-state index in [-0.39, 0.29) is 18.5 Å². The number of rotatable bonds is 4. The van der Waals surface area contributed by atoms with E-state index < -0.39 is 5.92 Å². The Labute approximate surface area is 139 Å². The van der Waals surface area contributed by atoms with Crippen molar-refractivity contribution in [2.75, 3.05) is 12.1 Å². The predicted molar refractivity (Wildman–Crippen MR) is 87.7 cm³/mol. The Morgan fingerprint density at radius 1 is 1.25 bits per heavy atom. The summed E-state index contributed by atoms with van der Waals surface area (Å²) < 4.78 is 10.6. The highest BCUT2D eigenvalue weighted by Gasteiger charge is 2.25. The fourth-order valence-corrected chi connectivity index (χ4v) is 2.91. The van der Waals surface area contributed by atoms with E-state index in [0.717, 1.165) is 17.0 Å². The molecule has 7 nitrogen and oxygen atoms in total. The van der Waals surface area contributed by atoms with Crippen LogP contribution in [0.2, 0.25) is 0 Å². The van der Waals surface area contributed by atoms with Crippen LogP contribution in [0.5, 0.6) is 11.5 Å². The van der Waals surface area contributed by atoms with Gasteiger partial charge in [0.1, 0.15) is 0 Å². The third kappa shape index (κ3) is 2.73. The van der Waals surface area contributed by atoms with Gasteiger partial charge in [0, 0.05) is 22.9 Å². The number of Topliss-reactive ketones (excluding diaryl/α,β-unsaturated/α-hetero) is 1. The Balaban J connectivity index is 1.90. The average Bonchev–Trinajstić information content (AvgIpc) is 3.11. The van der Waals surface area contributed by atoms with E-state index in [1.165, 1.54) is 6.92 Å². The molecule has 1 atom stereocenters. The second-order valence-electron chi connectivity index (χ2n) is 5.87. The lowest BCUT2D eigenvalue weighted by molar-refractivity contribution is -0.117. The van der Waals surface area contributed by atoms with Gasteiger partial charge in [0.25, 0.3) is 0 Å². The number of hydrogen-bond acceptors (Lipinski definition) is 5. The molecule has 2 N–H and O–H groups in total. The highest BCUT2D eigenvalue weighted by molar-refractivity contribution is 6.05. The highest BCUT2D eigenvalue weighted by atomic mass is 16.7. The number of aromatic nitrogens is 2. The quantitative estimate of drug-likeness (QED) is 0.841. The lowest BCUT2D eigenvalue weighted by Gasteiger charge is -2.15. The summed E-state index contributed by atoms with van der Waals surface area (Å²) in [6, 6.07) is 3.22. The fourth-order valence-electron chi connectivity index (χ4n) is 2.91. The summed E-state index contributed by atoms with van der Waals surface area (Å²) >= 11 is 0. The molecule has 24 heavy (non-hydrogen) atoms. The molecule has 1 aromatic carbocycles. The molecule has 0 unspecified atom stereocenters. The van der Waals surface area contributed by atoms with Crippen LogP contribution in [0.4, 0.5) is 5.69 Å². The van der Waals surface area contributed by atoms with E-state index in [9.17, 15) is 9.59 Å². The van der Waals surface area contributed by atoms with Crippen molar-refractivity contribution >= 4 is 17.4 Å². The minimum Gasteiger partial charge on any atom is -0.454 e. The van der Waals surface area contributed by atoms with Gasteiger partial charge in [-0.25, -0.2) is 0 Å². The van der Waals surface area contributed by atoms with Crippen LogP contribution in [0.3, 0.4) is 0 Å². The number of amides is 1. The van der Waals surface area contributed by atoms with Gasteiger partial charge in [-0.1, -0.05) is 0 Å². The largest absolute Gasteiger partial charge is 0.454 e. The van der Waals surface area contributed by atoms with E-state index in [0.29, 0.717) is 22.7 Å². The minimum atomic E-state index is -0.408. The predicted octanol–water partition coefficient (Wildman–Crippen LogP) is 2.70. The van der Waals surface area contributed by atoms with Crippen molar-refractivity contribution in [2.45, 2.75) is 33.6 Å². The molecule has 1 amide bonds. The second-order valence-corrected chi connectivity index (χ2v) is 5.87. The molecule has 1 aromatic heterocycles. The molecule has 0 radical (unpaired) electrons. The summed E-state index contributed by atoms with van der Waals surface area (Å²) in [5.41, 5.74) is 3.31. The molecule has 2 aromatic rings. The molecule has 2 heterocycles. The standard InChI is InChI=1S/C17H19N3O4/c1-8(16-9(2)19-20-10(16)3)17(22)18-13-6-15-14(23-7-24-15)5-12(13)11(4)21/h5-6,8H,7H2,1-4H3,(H,18,22)(H,19,20)/t8-/m1/s1. The zero-order valence-electron chi connectivity index (χ0n) is 14.0. The molecule has 126 valence electrons. The lowest BCUT2D eigenvalue weighted by Crippen LogP contribution is -2.21. The number of nitrogens with one attached hydrogen (secondary N) is 2. The molecule has 0 fully saturated rings. The lowest BCUT2D eigenvalue weighted by atomic mass is 9.98. The monoisotopic (exact) mass is 329 g/mol. The number of benzene rings is 1. The van der Waals surface area contributed by atoms with Gasteiger partial charge in [-0.05, 0) is 33.8 Å². The van der Waals surface area contributed by atoms with Gasteiger partial charge in [0.15, 0.2) is 17.3 Å². The van der Waals surface area contributed by atoms with E-state index in [2.05, 4.69) is 15.5 Å². The molecule has 0 spiro atoms. The van der Waals surface area contributed by atoms with Crippen molar-refractivity contribution < 1.29 is 19.1 Å². The van der Waals surface area contributed by atoms with Gasteiger partial charge >= 0.3 is 0 Å². The zero-order chi connectivity index (χ0) is 17.4. The van der Waals surface area contributed by atoms with E-state index >= 15 is 0 Å². The van der Waals surface area contributed by atoms with Crippen LogP contribution in [0.25, 0.3) is 0 Å². The van der Waals surface area contributed by atoms with Gasteiger partial charge in [0.2, 0.25) is 12.7 Å². The molecule has 0 bridgehead atoms. The van der Waals surface area contributed by atoms with Crippen LogP contribution in [0.15, 0.2) is 12.1 Å². The number of fused-ring (bicyclic) bond motifs is 1. The first-order valence-corrected chi connectivity index (χ1v) is 7.65. The van der Waals surface area contributed by atoms with E-state index in [4.69, 9.17) is 9.47 Å². The SMILES string of the molecule is CC(=O)c1cc2c(cc1NC(=O)[C@H](C)c1c(C)n[nH]c1C)OCO2. The fraction of sp³-hybridized carbons (Fsp3) is 0.353. The van der Waals surface area contributed by atoms with Crippen LogP contribution in [-0.4, -0.2) is 28.7 Å². The van der Waals surface area contributed by atoms with Crippen molar-refractivity contribution in [3.63, 3.8) is 0 Å². The molecule has 0 saturated carbocycles. The summed E-state index contributed by atoms with van der Waals surface area (Å²) in [5, 5.41) is 9.83. The van der Waals surface area contributed by atoms with Crippen molar-refractivity contribution in [3.8, 4) is 11.5 Å². The molecule has 0 aliphatic carbocycles. The first-order chi connectivity index (χ1) is 11.4. The summed E-state index contributed by atoms with van der Waals surface area (Å²) in [4.78, 5) is 24.5. The van der Waals surface area contributed by atoms with Crippen molar-refractivity contribution in [1.29, 1.82) is 0 Å². The summed E-state index contributed by atoms with van der Waals surface area (Å²) in [6.07, 6.45) is 0. The Bertz CT molecular complexity index is 806. The van der Waals surface area contributed by atoms with Gasteiger partial charge in [0.05, 0.1) is 17.3 Å². The maximum Gasteiger partial charge on any atom is 0.231 e. The summed E-state index contributed by atoms with van der Waals surface area (Å²) in [5.74, 6) is 0.233. The molecule has 1 aliphatic rings. The number of ketones is 1. The Hall–Kier alpha value is -2.83. The second kappa shape index (κ2) is 5.99. The molecule has 0 saturated heterocycles. The normalized spacial score (nSPS) is 13.7. The maximum absolute atomic E-state index is 12.7.